The first-order chi connectivity index (χ1) is 12.2. The van der Waals surface area contributed by atoms with Crippen molar-refractivity contribution in [1.29, 1.82) is 0 Å². The first kappa shape index (κ1) is 18.4. The molecule has 1 N–H and O–H groups in total. The third-order valence-corrected chi connectivity index (χ3v) is 4.96. The van der Waals surface area contributed by atoms with E-state index in [0.717, 1.165) is 0 Å². The first-order valence-electron chi connectivity index (χ1n) is 8.53. The highest BCUT2D eigenvalue weighted by Gasteiger charge is 2.52. The first-order valence-corrected chi connectivity index (χ1v) is 8.53. The summed E-state index contributed by atoms with van der Waals surface area (Å²) in [6.07, 6.45) is 1.31. The molecule has 1 saturated heterocycles. The van der Waals surface area contributed by atoms with Crippen LogP contribution in [0.5, 0.6) is 0 Å². The van der Waals surface area contributed by atoms with Crippen molar-refractivity contribution in [3.63, 3.8) is 0 Å². The molecule has 0 unspecified atom stereocenters. The van der Waals surface area contributed by atoms with Crippen LogP contribution in [0, 0.1) is 11.8 Å². The number of aliphatic hydroxyl groups excluding tert-OH is 1. The fourth-order valence-electron chi connectivity index (χ4n) is 3.40. The Balaban J connectivity index is 2.08. The van der Waals surface area contributed by atoms with E-state index in [9.17, 15) is 19.5 Å². The van der Waals surface area contributed by atoms with Crippen molar-refractivity contribution in [3.8, 4) is 0 Å². The van der Waals surface area contributed by atoms with Gasteiger partial charge < -0.3 is 19.3 Å². The average molecular weight is 362 g/mol. The van der Waals surface area contributed by atoms with E-state index in [1.807, 2.05) is 0 Å². The van der Waals surface area contributed by atoms with Crippen molar-refractivity contribution in [2.24, 2.45) is 11.8 Å². The van der Waals surface area contributed by atoms with Gasteiger partial charge in [-0.25, -0.2) is 4.79 Å². The number of ether oxygens (including phenoxy) is 3. The van der Waals surface area contributed by atoms with E-state index in [2.05, 4.69) is 6.58 Å². The number of carbonyl (C=O) groups excluding carboxylic acids is 3. The quantitative estimate of drug-likeness (QED) is 0.595. The molecule has 2 bridgehead atoms. The van der Waals surface area contributed by atoms with Crippen molar-refractivity contribution in [2.45, 2.75) is 45.0 Å². The zero-order valence-corrected chi connectivity index (χ0v) is 15.0. The van der Waals surface area contributed by atoms with E-state index in [1.54, 1.807) is 20.8 Å². The zero-order chi connectivity index (χ0) is 19.2. The fraction of sp³-hybridized carbons (Fsp3) is 0.526. The summed E-state index contributed by atoms with van der Waals surface area (Å²) in [5, 5.41) is 9.68. The molecule has 1 fully saturated rings. The van der Waals surface area contributed by atoms with Crippen LogP contribution in [0.4, 0.5) is 0 Å². The van der Waals surface area contributed by atoms with Crippen LogP contribution in [-0.4, -0.2) is 47.2 Å². The second-order valence-electron chi connectivity index (χ2n) is 7.31. The molecule has 0 aromatic heterocycles. The number of hydrogen-bond donors (Lipinski definition) is 1. The van der Waals surface area contributed by atoms with Gasteiger partial charge in [-0.2, -0.15) is 0 Å². The molecule has 0 aromatic carbocycles. The van der Waals surface area contributed by atoms with Crippen LogP contribution < -0.4 is 0 Å². The molecule has 0 aliphatic carbocycles. The molecule has 7 nitrogen and oxygen atoms in total. The lowest BCUT2D eigenvalue weighted by Crippen LogP contribution is -2.43. The molecule has 3 aliphatic rings. The topological polar surface area (TPSA) is 99.1 Å². The molecule has 0 aromatic rings. The van der Waals surface area contributed by atoms with Crippen molar-refractivity contribution in [2.75, 3.05) is 6.61 Å². The van der Waals surface area contributed by atoms with Crippen LogP contribution in [0.1, 0.15) is 27.2 Å². The minimum atomic E-state index is -1.26. The number of esters is 2. The van der Waals surface area contributed by atoms with E-state index in [4.69, 9.17) is 14.2 Å². The van der Waals surface area contributed by atoms with Crippen molar-refractivity contribution in [3.05, 3.63) is 35.6 Å². The van der Waals surface area contributed by atoms with Gasteiger partial charge in [-0.15, -0.1) is 0 Å². The Morgan fingerprint density at radius 3 is 2.77 bits per heavy atom. The Hall–Kier alpha value is -2.41. The number of fused-ring (bicyclic) bond motifs is 3. The monoisotopic (exact) mass is 362 g/mol. The summed E-state index contributed by atoms with van der Waals surface area (Å²) >= 11 is 0. The molecule has 0 radical (unpaired) electrons. The standard InChI is InChI=1S/C19H22O7/c1-9(2)17(22)25-14-7-19(4)15(21)6-12(26-19)11(8-20)5-13-16(14)10(3)18(23)24-13/h5-6,9,13-14,16,20H,3,7-8H2,1-2,4H3/b11-5-/t13-,14-,16+,19-/m1/s1. The second kappa shape index (κ2) is 6.39. The second-order valence-corrected chi connectivity index (χ2v) is 7.31. The Kier molecular flexibility index (Phi) is 4.52. The Morgan fingerprint density at radius 2 is 2.15 bits per heavy atom. The van der Waals surface area contributed by atoms with Crippen molar-refractivity contribution >= 4 is 17.7 Å². The van der Waals surface area contributed by atoms with E-state index in [-0.39, 0.29) is 36.1 Å². The summed E-state index contributed by atoms with van der Waals surface area (Å²) in [5.41, 5.74) is -0.741. The van der Waals surface area contributed by atoms with Gasteiger partial charge in [0.25, 0.3) is 0 Å². The summed E-state index contributed by atoms with van der Waals surface area (Å²) < 4.78 is 16.8. The number of ketones is 1. The van der Waals surface area contributed by atoms with Gasteiger partial charge in [0, 0.05) is 23.6 Å². The third-order valence-electron chi connectivity index (χ3n) is 4.96. The Morgan fingerprint density at radius 1 is 1.46 bits per heavy atom. The Bertz CT molecular complexity index is 745. The molecule has 0 saturated carbocycles. The van der Waals surface area contributed by atoms with Crippen LogP contribution in [0.2, 0.25) is 0 Å². The summed E-state index contributed by atoms with van der Waals surface area (Å²) in [6.45, 7) is 8.39. The lowest BCUT2D eigenvalue weighted by atomic mass is 9.82. The zero-order valence-electron chi connectivity index (χ0n) is 15.0. The predicted molar refractivity (Wildman–Crippen MR) is 89.6 cm³/mol. The number of aliphatic hydroxyl groups is 1. The lowest BCUT2D eigenvalue weighted by Gasteiger charge is -2.31. The van der Waals surface area contributed by atoms with Gasteiger partial charge >= 0.3 is 11.9 Å². The number of rotatable bonds is 3. The van der Waals surface area contributed by atoms with Gasteiger partial charge in [0.1, 0.15) is 18.0 Å². The smallest absolute Gasteiger partial charge is 0.334 e. The SMILES string of the molecule is C=C1C(=O)O[C@@H]2/C=C(/CO)C3=CC(=O)[C@@](C)(C[C@@H](OC(=O)C(C)C)[C@@H]12)O3. The summed E-state index contributed by atoms with van der Waals surface area (Å²) in [6, 6.07) is 0. The maximum absolute atomic E-state index is 12.5. The third kappa shape index (κ3) is 2.96. The molecule has 3 heterocycles. The van der Waals surface area contributed by atoms with Crippen LogP contribution >= 0.6 is 0 Å². The van der Waals surface area contributed by atoms with Crippen molar-refractivity contribution < 1.29 is 33.7 Å². The van der Waals surface area contributed by atoms with Crippen LogP contribution in [-0.2, 0) is 28.6 Å². The van der Waals surface area contributed by atoms with E-state index in [0.29, 0.717) is 5.57 Å². The predicted octanol–water partition coefficient (Wildman–Crippen LogP) is 1.22. The molecular weight excluding hydrogens is 340 g/mol. The van der Waals surface area contributed by atoms with E-state index in [1.165, 1.54) is 12.2 Å². The molecular formula is C19H22O7. The van der Waals surface area contributed by atoms with E-state index >= 15 is 0 Å². The number of hydrogen-bond acceptors (Lipinski definition) is 7. The van der Waals surface area contributed by atoms with Gasteiger partial charge in [0.05, 0.1) is 18.4 Å². The van der Waals surface area contributed by atoms with Crippen LogP contribution in [0.15, 0.2) is 35.6 Å². The molecule has 0 amide bonds. The summed E-state index contributed by atoms with van der Waals surface area (Å²) in [4.78, 5) is 36.8. The van der Waals surface area contributed by atoms with E-state index < -0.39 is 35.7 Å². The summed E-state index contributed by atoms with van der Waals surface area (Å²) in [5.74, 6) is -2.11. The number of carbonyl (C=O) groups is 3. The summed E-state index contributed by atoms with van der Waals surface area (Å²) in [7, 11) is 0. The van der Waals surface area contributed by atoms with Gasteiger partial charge in [0.15, 0.2) is 5.60 Å². The average Bonchev–Trinajstić information content (AvgIpc) is 3.01. The van der Waals surface area contributed by atoms with Crippen molar-refractivity contribution in [1.82, 2.24) is 0 Å². The highest BCUT2D eigenvalue weighted by molar-refractivity contribution is 6.00. The molecule has 140 valence electrons. The lowest BCUT2D eigenvalue weighted by molar-refractivity contribution is -0.161. The molecule has 3 aliphatic heterocycles. The molecule has 4 atom stereocenters. The van der Waals surface area contributed by atoms with Gasteiger partial charge in [-0.3, -0.25) is 9.59 Å². The van der Waals surface area contributed by atoms with Gasteiger partial charge in [-0.05, 0) is 13.0 Å². The maximum Gasteiger partial charge on any atom is 0.334 e. The Labute approximate surface area is 151 Å². The van der Waals surface area contributed by atoms with Gasteiger partial charge in [-0.1, -0.05) is 20.4 Å². The fourth-order valence-corrected chi connectivity index (χ4v) is 3.40. The molecule has 26 heavy (non-hydrogen) atoms. The minimum Gasteiger partial charge on any atom is -0.479 e. The van der Waals surface area contributed by atoms with Crippen LogP contribution in [0.25, 0.3) is 0 Å². The molecule has 0 spiro atoms. The largest absolute Gasteiger partial charge is 0.479 e. The van der Waals surface area contributed by atoms with Gasteiger partial charge in [0.2, 0.25) is 5.78 Å². The van der Waals surface area contributed by atoms with Crippen LogP contribution in [0.3, 0.4) is 0 Å². The highest BCUT2D eigenvalue weighted by atomic mass is 16.6. The normalized spacial score (nSPS) is 35.4. The molecule has 7 heteroatoms. The minimum absolute atomic E-state index is 0.0493. The maximum atomic E-state index is 12.5. The highest BCUT2D eigenvalue weighted by Crippen LogP contribution is 2.42. The molecule has 3 rings (SSSR count).